The van der Waals surface area contributed by atoms with Gasteiger partial charge in [0, 0.05) is 25.2 Å². The van der Waals surface area contributed by atoms with Crippen molar-refractivity contribution < 1.29 is 19.2 Å². The summed E-state index contributed by atoms with van der Waals surface area (Å²) in [4.78, 5) is 24.6. The zero-order valence-electron chi connectivity index (χ0n) is 13.8. The average Bonchev–Trinajstić information content (AvgIpc) is 2.61. The molecule has 0 spiro atoms. The van der Waals surface area contributed by atoms with Crippen LogP contribution in [0.25, 0.3) is 0 Å². The molecule has 0 fully saturated rings. The van der Waals surface area contributed by atoms with Crippen molar-refractivity contribution in [2.45, 2.75) is 13.0 Å². The van der Waals surface area contributed by atoms with E-state index in [0.717, 1.165) is 5.56 Å². The van der Waals surface area contributed by atoms with Crippen LogP contribution in [0.4, 0.5) is 5.69 Å². The molecule has 1 aliphatic heterocycles. The number of para-hydroxylation sites is 1. The number of benzene rings is 2. The Labute approximate surface area is 144 Å². The van der Waals surface area contributed by atoms with E-state index in [1.807, 2.05) is 18.2 Å². The van der Waals surface area contributed by atoms with Crippen LogP contribution in [0.3, 0.4) is 0 Å². The molecular weight excluding hydrogens is 324 g/mol. The summed E-state index contributed by atoms with van der Waals surface area (Å²) in [7, 11) is 1.67. The first-order valence-corrected chi connectivity index (χ1v) is 7.89. The van der Waals surface area contributed by atoms with Crippen LogP contribution in [-0.2, 0) is 17.8 Å². The maximum atomic E-state index is 12.4. The Morgan fingerprint density at radius 1 is 1.16 bits per heavy atom. The van der Waals surface area contributed by atoms with E-state index in [9.17, 15) is 14.9 Å². The Bertz CT molecular complexity index is 806. The number of nitrogens with zero attached hydrogens (tertiary/aromatic N) is 2. The Morgan fingerprint density at radius 2 is 1.88 bits per heavy atom. The minimum absolute atomic E-state index is 0.0157. The van der Waals surface area contributed by atoms with Crippen molar-refractivity contribution in [2.24, 2.45) is 0 Å². The number of nitro benzene ring substituents is 1. The van der Waals surface area contributed by atoms with Gasteiger partial charge in [-0.3, -0.25) is 14.9 Å². The third-order valence-corrected chi connectivity index (χ3v) is 3.98. The second-order valence-electron chi connectivity index (χ2n) is 5.79. The van der Waals surface area contributed by atoms with E-state index < -0.39 is 4.92 Å². The van der Waals surface area contributed by atoms with Gasteiger partial charge in [0.05, 0.1) is 11.3 Å². The number of amides is 1. The normalized spacial score (nSPS) is 12.5. The minimum atomic E-state index is -0.469. The molecule has 0 bridgehead atoms. The van der Waals surface area contributed by atoms with Gasteiger partial charge in [0.1, 0.15) is 13.2 Å². The molecule has 1 amide bonds. The highest BCUT2D eigenvalue weighted by Crippen LogP contribution is 2.31. The van der Waals surface area contributed by atoms with Crippen molar-refractivity contribution >= 4 is 11.6 Å². The molecule has 0 aliphatic carbocycles. The molecule has 0 N–H and O–H groups in total. The fraction of sp³-hybridized carbons (Fsp3) is 0.278. The smallest absolute Gasteiger partial charge is 0.273 e. The van der Waals surface area contributed by atoms with Gasteiger partial charge in [-0.1, -0.05) is 24.3 Å². The highest BCUT2D eigenvalue weighted by atomic mass is 16.6. The molecule has 0 radical (unpaired) electrons. The molecule has 0 saturated carbocycles. The molecule has 0 unspecified atom stereocenters. The number of ether oxygens (including phenoxy) is 2. The summed E-state index contributed by atoms with van der Waals surface area (Å²) in [5, 5.41) is 11.1. The largest absolute Gasteiger partial charge is 0.486 e. The molecule has 130 valence electrons. The molecule has 7 heteroatoms. The van der Waals surface area contributed by atoms with Crippen LogP contribution in [-0.4, -0.2) is 36.0 Å². The molecule has 0 aromatic heterocycles. The standard InChI is InChI=1S/C18H18N2O5/c1-19(12-13-6-7-16-17(10-13)25-9-8-24-16)18(21)11-14-4-2-3-5-15(14)20(22)23/h2-7,10H,8-9,11-12H2,1H3. The third kappa shape index (κ3) is 3.88. The monoisotopic (exact) mass is 342 g/mol. The van der Waals surface area contributed by atoms with E-state index in [1.54, 1.807) is 30.1 Å². The minimum Gasteiger partial charge on any atom is -0.486 e. The van der Waals surface area contributed by atoms with E-state index >= 15 is 0 Å². The third-order valence-electron chi connectivity index (χ3n) is 3.98. The van der Waals surface area contributed by atoms with Crippen LogP contribution >= 0.6 is 0 Å². The van der Waals surface area contributed by atoms with Gasteiger partial charge in [-0.05, 0) is 17.7 Å². The quantitative estimate of drug-likeness (QED) is 0.616. The van der Waals surface area contributed by atoms with Crippen LogP contribution in [0.1, 0.15) is 11.1 Å². The predicted molar refractivity (Wildman–Crippen MR) is 90.7 cm³/mol. The Morgan fingerprint density at radius 3 is 2.64 bits per heavy atom. The topological polar surface area (TPSA) is 81.9 Å². The van der Waals surface area contributed by atoms with E-state index in [-0.39, 0.29) is 18.0 Å². The summed E-state index contributed by atoms with van der Waals surface area (Å²) in [6.07, 6.45) is -0.0157. The van der Waals surface area contributed by atoms with E-state index in [0.29, 0.717) is 36.8 Å². The highest BCUT2D eigenvalue weighted by molar-refractivity contribution is 5.79. The lowest BCUT2D eigenvalue weighted by molar-refractivity contribution is -0.385. The zero-order valence-corrected chi connectivity index (χ0v) is 13.8. The SMILES string of the molecule is CN(Cc1ccc2c(c1)OCCO2)C(=O)Cc1ccccc1[N+](=O)[O-]. The first kappa shape index (κ1) is 16.8. The molecule has 1 heterocycles. The second kappa shape index (κ2) is 7.21. The number of carbonyl (C=O) groups excluding carboxylic acids is 1. The van der Waals surface area contributed by atoms with Crippen LogP contribution in [0.5, 0.6) is 11.5 Å². The first-order valence-electron chi connectivity index (χ1n) is 7.89. The summed E-state index contributed by atoms with van der Waals surface area (Å²) >= 11 is 0. The van der Waals surface area contributed by atoms with Gasteiger partial charge in [-0.2, -0.15) is 0 Å². The van der Waals surface area contributed by atoms with Gasteiger partial charge in [-0.15, -0.1) is 0 Å². The van der Waals surface area contributed by atoms with Crippen LogP contribution in [0.2, 0.25) is 0 Å². The molecule has 3 rings (SSSR count). The molecule has 2 aromatic carbocycles. The molecule has 0 atom stereocenters. The van der Waals surface area contributed by atoms with Crippen molar-refractivity contribution in [3.63, 3.8) is 0 Å². The summed E-state index contributed by atoms with van der Waals surface area (Å²) in [5.41, 5.74) is 1.28. The maximum absolute atomic E-state index is 12.4. The first-order chi connectivity index (χ1) is 12.0. The van der Waals surface area contributed by atoms with Gasteiger partial charge in [0.2, 0.25) is 5.91 Å². The predicted octanol–water partition coefficient (Wildman–Crippen LogP) is 2.57. The lowest BCUT2D eigenvalue weighted by Crippen LogP contribution is -2.28. The van der Waals surface area contributed by atoms with Crippen molar-refractivity contribution in [2.75, 3.05) is 20.3 Å². The van der Waals surface area contributed by atoms with Crippen LogP contribution < -0.4 is 9.47 Å². The fourth-order valence-corrected chi connectivity index (χ4v) is 2.68. The number of likely N-dealkylation sites (N-methyl/N-ethyl adjacent to an activating group) is 1. The van der Waals surface area contributed by atoms with Gasteiger partial charge in [-0.25, -0.2) is 0 Å². The molecular formula is C18H18N2O5. The van der Waals surface area contributed by atoms with Crippen molar-refractivity contribution in [3.05, 3.63) is 63.7 Å². The molecule has 1 aliphatic rings. The zero-order chi connectivity index (χ0) is 17.8. The van der Waals surface area contributed by atoms with E-state index in [2.05, 4.69) is 0 Å². The fourth-order valence-electron chi connectivity index (χ4n) is 2.68. The number of rotatable bonds is 5. The van der Waals surface area contributed by atoms with Gasteiger partial charge >= 0.3 is 0 Å². The number of fused-ring (bicyclic) bond motifs is 1. The van der Waals surface area contributed by atoms with Gasteiger partial charge in [0.15, 0.2) is 11.5 Å². The van der Waals surface area contributed by atoms with Crippen molar-refractivity contribution in [1.29, 1.82) is 0 Å². The number of nitro groups is 1. The average molecular weight is 342 g/mol. The Hall–Kier alpha value is -3.09. The molecule has 2 aromatic rings. The van der Waals surface area contributed by atoms with Crippen LogP contribution in [0.15, 0.2) is 42.5 Å². The second-order valence-corrected chi connectivity index (χ2v) is 5.79. The van der Waals surface area contributed by atoms with E-state index in [4.69, 9.17) is 9.47 Å². The summed E-state index contributed by atoms with van der Waals surface area (Å²) in [6.45, 7) is 1.42. The van der Waals surface area contributed by atoms with Crippen LogP contribution in [0, 0.1) is 10.1 Å². The maximum Gasteiger partial charge on any atom is 0.273 e. The lowest BCUT2D eigenvalue weighted by Gasteiger charge is -2.21. The number of hydrogen-bond donors (Lipinski definition) is 0. The molecule has 25 heavy (non-hydrogen) atoms. The van der Waals surface area contributed by atoms with E-state index in [1.165, 1.54) is 6.07 Å². The summed E-state index contributed by atoms with van der Waals surface area (Å²) < 4.78 is 11.0. The Kier molecular flexibility index (Phi) is 4.83. The number of hydrogen-bond acceptors (Lipinski definition) is 5. The summed E-state index contributed by atoms with van der Waals surface area (Å²) in [5.74, 6) is 1.18. The lowest BCUT2D eigenvalue weighted by atomic mass is 10.1. The van der Waals surface area contributed by atoms with Gasteiger partial charge < -0.3 is 14.4 Å². The molecule has 7 nitrogen and oxygen atoms in total. The van der Waals surface area contributed by atoms with Crippen molar-refractivity contribution in [3.8, 4) is 11.5 Å². The Balaban J connectivity index is 1.68. The summed E-state index contributed by atoms with van der Waals surface area (Å²) in [6, 6.07) is 11.8. The van der Waals surface area contributed by atoms with Gasteiger partial charge in [0.25, 0.3) is 5.69 Å². The number of carbonyl (C=O) groups is 1. The highest BCUT2D eigenvalue weighted by Gasteiger charge is 2.19. The van der Waals surface area contributed by atoms with Crippen molar-refractivity contribution in [1.82, 2.24) is 4.90 Å². The molecule has 0 saturated heterocycles.